The summed E-state index contributed by atoms with van der Waals surface area (Å²) in [5.41, 5.74) is 3.15. The summed E-state index contributed by atoms with van der Waals surface area (Å²) >= 11 is 9.55. The first-order chi connectivity index (χ1) is 10.1. The summed E-state index contributed by atoms with van der Waals surface area (Å²) in [7, 11) is 0. The predicted molar refractivity (Wildman–Crippen MR) is 90.1 cm³/mol. The molecule has 0 spiro atoms. The molecule has 1 aromatic heterocycles. The van der Waals surface area contributed by atoms with Crippen LogP contribution in [-0.4, -0.2) is 10.9 Å². The summed E-state index contributed by atoms with van der Waals surface area (Å²) in [5.74, 6) is -0.173. The third-order valence-corrected chi connectivity index (χ3v) is 4.39. The molecule has 0 saturated carbocycles. The molecule has 3 nitrogen and oxygen atoms in total. The molecule has 0 unspecified atom stereocenters. The number of nitrogens with one attached hydrogen (secondary N) is 2. The van der Waals surface area contributed by atoms with Gasteiger partial charge in [-0.15, -0.1) is 0 Å². The molecule has 3 rings (SSSR count). The number of para-hydroxylation sites is 1. The lowest BCUT2D eigenvalue weighted by Gasteiger charge is -2.09. The number of hydrogen-bond donors (Lipinski definition) is 2. The van der Waals surface area contributed by atoms with Crippen LogP contribution >= 0.6 is 27.5 Å². The van der Waals surface area contributed by atoms with Crippen LogP contribution in [0.4, 0.5) is 5.69 Å². The van der Waals surface area contributed by atoms with Crippen molar-refractivity contribution in [2.24, 2.45) is 0 Å². The number of H-pyrrole nitrogens is 1. The molecule has 5 heteroatoms. The van der Waals surface area contributed by atoms with Crippen LogP contribution in [0.2, 0.25) is 5.02 Å². The first-order valence-corrected chi connectivity index (χ1v) is 7.56. The van der Waals surface area contributed by atoms with E-state index in [4.69, 9.17) is 11.6 Å². The Hall–Kier alpha value is -1.78. The second-order valence-electron chi connectivity index (χ2n) is 4.78. The molecule has 0 aliphatic rings. The minimum absolute atomic E-state index is 0.173. The topological polar surface area (TPSA) is 44.9 Å². The molecular weight excluding hydrogens is 352 g/mol. The van der Waals surface area contributed by atoms with Gasteiger partial charge in [-0.2, -0.15) is 0 Å². The zero-order valence-electron chi connectivity index (χ0n) is 11.2. The van der Waals surface area contributed by atoms with Gasteiger partial charge in [-0.1, -0.05) is 29.8 Å². The van der Waals surface area contributed by atoms with E-state index in [0.717, 1.165) is 20.9 Å². The summed E-state index contributed by atoms with van der Waals surface area (Å²) in [6.07, 6.45) is 1.71. The Kier molecular flexibility index (Phi) is 3.74. The number of benzene rings is 2. The van der Waals surface area contributed by atoms with Crippen molar-refractivity contribution in [1.82, 2.24) is 4.98 Å². The molecule has 106 valence electrons. The Morgan fingerprint density at radius 3 is 2.86 bits per heavy atom. The lowest BCUT2D eigenvalue weighted by atomic mass is 10.1. The minimum atomic E-state index is -0.173. The van der Waals surface area contributed by atoms with Crippen LogP contribution in [0.5, 0.6) is 0 Å². The smallest absolute Gasteiger partial charge is 0.257 e. The van der Waals surface area contributed by atoms with Crippen molar-refractivity contribution in [3.05, 3.63) is 63.2 Å². The fourth-order valence-electron chi connectivity index (χ4n) is 2.19. The van der Waals surface area contributed by atoms with Gasteiger partial charge in [0.2, 0.25) is 0 Å². The number of amides is 1. The van der Waals surface area contributed by atoms with Crippen molar-refractivity contribution in [2.45, 2.75) is 6.92 Å². The molecule has 0 aliphatic heterocycles. The Balaban J connectivity index is 1.95. The second kappa shape index (κ2) is 5.54. The maximum atomic E-state index is 12.4. The number of hydrogen-bond acceptors (Lipinski definition) is 1. The number of carbonyl (C=O) groups is 1. The zero-order valence-corrected chi connectivity index (χ0v) is 13.5. The molecular formula is C16H12BrClN2O. The third-order valence-electron chi connectivity index (χ3n) is 3.33. The zero-order chi connectivity index (χ0) is 15.0. The summed E-state index contributed by atoms with van der Waals surface area (Å²) in [4.78, 5) is 15.5. The summed E-state index contributed by atoms with van der Waals surface area (Å²) in [6.45, 7) is 1.92. The molecule has 0 bridgehead atoms. The van der Waals surface area contributed by atoms with Crippen molar-refractivity contribution >= 4 is 50.0 Å². The van der Waals surface area contributed by atoms with Crippen LogP contribution in [0.15, 0.2) is 47.1 Å². The van der Waals surface area contributed by atoms with Crippen LogP contribution in [-0.2, 0) is 0 Å². The van der Waals surface area contributed by atoms with Gasteiger partial charge >= 0.3 is 0 Å². The molecule has 0 aliphatic carbocycles. The minimum Gasteiger partial charge on any atom is -0.360 e. The van der Waals surface area contributed by atoms with E-state index >= 15 is 0 Å². The SMILES string of the molecule is Cc1cc(Br)c(NC(=O)c2c[nH]c3ccccc23)cc1Cl. The number of aryl methyl sites for hydroxylation is 1. The van der Waals surface area contributed by atoms with E-state index in [9.17, 15) is 4.79 Å². The summed E-state index contributed by atoms with van der Waals surface area (Å²) in [5, 5.41) is 4.39. The maximum absolute atomic E-state index is 12.4. The summed E-state index contributed by atoms with van der Waals surface area (Å²) < 4.78 is 0.803. The summed E-state index contributed by atoms with van der Waals surface area (Å²) in [6, 6.07) is 11.3. The fraction of sp³-hybridized carbons (Fsp3) is 0.0625. The van der Waals surface area contributed by atoms with E-state index < -0.39 is 0 Å². The number of fused-ring (bicyclic) bond motifs is 1. The maximum Gasteiger partial charge on any atom is 0.257 e. The number of anilines is 1. The highest BCUT2D eigenvalue weighted by molar-refractivity contribution is 9.10. The Morgan fingerprint density at radius 1 is 1.29 bits per heavy atom. The molecule has 21 heavy (non-hydrogen) atoms. The Labute approximate surface area is 135 Å². The van der Waals surface area contributed by atoms with Crippen LogP contribution in [0.3, 0.4) is 0 Å². The van der Waals surface area contributed by atoms with Crippen LogP contribution in [0.25, 0.3) is 10.9 Å². The Bertz CT molecular complexity index is 841. The van der Waals surface area contributed by atoms with Crippen molar-refractivity contribution in [3.8, 4) is 0 Å². The highest BCUT2D eigenvalue weighted by Gasteiger charge is 2.14. The van der Waals surface area contributed by atoms with Crippen molar-refractivity contribution < 1.29 is 4.79 Å². The first kappa shape index (κ1) is 14.2. The van der Waals surface area contributed by atoms with Gasteiger partial charge in [-0.3, -0.25) is 4.79 Å². The van der Waals surface area contributed by atoms with Crippen LogP contribution in [0.1, 0.15) is 15.9 Å². The first-order valence-electron chi connectivity index (χ1n) is 6.39. The quantitative estimate of drug-likeness (QED) is 0.650. The van der Waals surface area contributed by atoms with Gasteiger partial charge in [-0.05, 0) is 46.6 Å². The van der Waals surface area contributed by atoms with E-state index in [2.05, 4.69) is 26.2 Å². The number of rotatable bonds is 2. The van der Waals surface area contributed by atoms with Gasteiger partial charge in [0.05, 0.1) is 11.3 Å². The molecule has 1 heterocycles. The van der Waals surface area contributed by atoms with E-state index in [0.29, 0.717) is 16.3 Å². The normalized spacial score (nSPS) is 10.8. The van der Waals surface area contributed by atoms with Crippen molar-refractivity contribution in [1.29, 1.82) is 0 Å². The average molecular weight is 364 g/mol. The Morgan fingerprint density at radius 2 is 2.05 bits per heavy atom. The molecule has 0 radical (unpaired) electrons. The van der Waals surface area contributed by atoms with Crippen molar-refractivity contribution in [3.63, 3.8) is 0 Å². The molecule has 0 fully saturated rings. The fourth-order valence-corrected chi connectivity index (χ4v) is 2.91. The lowest BCUT2D eigenvalue weighted by molar-refractivity contribution is 0.102. The highest BCUT2D eigenvalue weighted by atomic mass is 79.9. The van der Waals surface area contributed by atoms with Gasteiger partial charge in [-0.25, -0.2) is 0 Å². The van der Waals surface area contributed by atoms with E-state index in [1.807, 2.05) is 37.3 Å². The van der Waals surface area contributed by atoms with Gasteiger partial charge < -0.3 is 10.3 Å². The van der Waals surface area contributed by atoms with E-state index in [-0.39, 0.29) is 5.91 Å². The third kappa shape index (κ3) is 2.69. The standard InChI is InChI=1S/C16H12BrClN2O/c1-9-6-12(17)15(7-13(9)18)20-16(21)11-8-19-14-5-3-2-4-10(11)14/h2-8,19H,1H3,(H,20,21). The monoisotopic (exact) mass is 362 g/mol. The van der Waals surface area contributed by atoms with Gasteiger partial charge in [0, 0.05) is 26.6 Å². The number of aromatic nitrogens is 1. The molecule has 2 aromatic carbocycles. The molecule has 3 aromatic rings. The predicted octanol–water partition coefficient (Wildman–Crippen LogP) is 5.14. The largest absolute Gasteiger partial charge is 0.360 e. The number of aromatic amines is 1. The van der Waals surface area contributed by atoms with Crippen LogP contribution in [0, 0.1) is 6.92 Å². The number of halogens is 2. The van der Waals surface area contributed by atoms with E-state index in [1.165, 1.54) is 0 Å². The molecule has 2 N–H and O–H groups in total. The molecule has 1 amide bonds. The van der Waals surface area contributed by atoms with E-state index in [1.54, 1.807) is 12.3 Å². The highest BCUT2D eigenvalue weighted by Crippen LogP contribution is 2.30. The average Bonchev–Trinajstić information content (AvgIpc) is 2.88. The molecule has 0 saturated heterocycles. The van der Waals surface area contributed by atoms with Crippen molar-refractivity contribution in [2.75, 3.05) is 5.32 Å². The van der Waals surface area contributed by atoms with Gasteiger partial charge in [0.25, 0.3) is 5.91 Å². The number of carbonyl (C=O) groups excluding carboxylic acids is 1. The molecule has 0 atom stereocenters. The van der Waals surface area contributed by atoms with Gasteiger partial charge in [0.15, 0.2) is 0 Å². The van der Waals surface area contributed by atoms with Crippen LogP contribution < -0.4 is 5.32 Å². The van der Waals surface area contributed by atoms with Gasteiger partial charge in [0.1, 0.15) is 0 Å². The lowest BCUT2D eigenvalue weighted by Crippen LogP contribution is -2.11. The second-order valence-corrected chi connectivity index (χ2v) is 6.04.